The summed E-state index contributed by atoms with van der Waals surface area (Å²) in [7, 11) is 0. The number of hydrogen-bond donors (Lipinski definition) is 0. The van der Waals surface area contributed by atoms with Gasteiger partial charge in [-0.15, -0.1) is 0 Å². The van der Waals surface area contributed by atoms with Crippen LogP contribution in [0.2, 0.25) is 0 Å². The van der Waals surface area contributed by atoms with Gasteiger partial charge in [0.1, 0.15) is 11.9 Å². The van der Waals surface area contributed by atoms with Crippen molar-refractivity contribution < 1.29 is 4.74 Å². The number of benzene rings is 6. The predicted octanol–water partition coefficient (Wildman–Crippen LogP) is 13.2. The maximum Gasteiger partial charge on any atom is 0.135 e. The highest BCUT2D eigenvalue weighted by atomic mass is 16.5. The van der Waals surface area contributed by atoms with Crippen molar-refractivity contribution in [3.05, 3.63) is 203 Å². The Hall–Kier alpha value is -6.12. The Balaban J connectivity index is 1.02. The highest BCUT2D eigenvalue weighted by Gasteiger charge is 2.40. The van der Waals surface area contributed by atoms with Crippen LogP contribution in [0.5, 0.6) is 5.75 Å². The van der Waals surface area contributed by atoms with Gasteiger partial charge in [0.15, 0.2) is 0 Å². The average Bonchev–Trinajstić information content (AvgIpc) is 3.74. The number of nitrogens with zero attached hydrogens (tertiary/aromatic N) is 1. The van der Waals surface area contributed by atoms with Gasteiger partial charge in [0, 0.05) is 39.4 Å². The van der Waals surface area contributed by atoms with E-state index in [0.29, 0.717) is 0 Å². The van der Waals surface area contributed by atoms with Crippen molar-refractivity contribution in [3.63, 3.8) is 0 Å². The smallest absolute Gasteiger partial charge is 0.135 e. The molecule has 0 saturated carbocycles. The Labute approximate surface area is 324 Å². The zero-order chi connectivity index (χ0) is 36.7. The first-order valence-corrected chi connectivity index (χ1v) is 19.9. The van der Waals surface area contributed by atoms with Gasteiger partial charge in [-0.25, -0.2) is 0 Å². The van der Waals surface area contributed by atoms with Crippen molar-refractivity contribution in [1.82, 2.24) is 0 Å². The molecule has 0 spiro atoms. The lowest BCUT2D eigenvalue weighted by Gasteiger charge is -2.36. The summed E-state index contributed by atoms with van der Waals surface area (Å²) in [5.41, 5.74) is 17.0. The van der Waals surface area contributed by atoms with Crippen molar-refractivity contribution in [2.75, 3.05) is 4.90 Å². The van der Waals surface area contributed by atoms with Crippen LogP contribution >= 0.6 is 0 Å². The topological polar surface area (TPSA) is 12.5 Å². The van der Waals surface area contributed by atoms with E-state index in [2.05, 4.69) is 189 Å². The maximum atomic E-state index is 6.77. The van der Waals surface area contributed by atoms with Crippen LogP contribution in [0.15, 0.2) is 164 Å². The molecule has 3 atom stereocenters. The minimum Gasteiger partial charge on any atom is -0.484 e. The summed E-state index contributed by atoms with van der Waals surface area (Å²) in [5, 5.41) is 2.54. The lowest BCUT2D eigenvalue weighted by molar-refractivity contribution is 0.278. The molecule has 0 bridgehead atoms. The van der Waals surface area contributed by atoms with Gasteiger partial charge in [-0.3, -0.25) is 0 Å². The molecule has 6 aromatic rings. The van der Waals surface area contributed by atoms with E-state index in [9.17, 15) is 0 Å². The summed E-state index contributed by atoms with van der Waals surface area (Å²) in [4.78, 5) is 2.61. The maximum absolute atomic E-state index is 6.77. The fourth-order valence-corrected chi connectivity index (χ4v) is 10.2. The Kier molecular flexibility index (Phi) is 7.33. The van der Waals surface area contributed by atoms with E-state index in [0.717, 1.165) is 25.0 Å². The minimum absolute atomic E-state index is 0.0521. The number of anilines is 2. The van der Waals surface area contributed by atoms with Crippen LogP contribution in [0.1, 0.15) is 71.6 Å². The summed E-state index contributed by atoms with van der Waals surface area (Å²) in [5.74, 6) is 1.18. The number of hydrogen-bond acceptors (Lipinski definition) is 2. The summed E-state index contributed by atoms with van der Waals surface area (Å²) < 4.78 is 6.77. The van der Waals surface area contributed by atoms with E-state index in [1.165, 1.54) is 83.4 Å². The van der Waals surface area contributed by atoms with Gasteiger partial charge in [-0.2, -0.15) is 0 Å². The van der Waals surface area contributed by atoms with Crippen LogP contribution in [0, 0.1) is 0 Å². The average molecular weight is 710 g/mol. The van der Waals surface area contributed by atoms with Crippen LogP contribution in [-0.4, -0.2) is 12.1 Å². The van der Waals surface area contributed by atoms with Gasteiger partial charge < -0.3 is 9.64 Å². The van der Waals surface area contributed by atoms with Gasteiger partial charge in [0.05, 0.1) is 6.04 Å². The fourth-order valence-electron chi connectivity index (χ4n) is 10.2. The van der Waals surface area contributed by atoms with Crippen LogP contribution in [-0.2, 0) is 11.8 Å². The van der Waals surface area contributed by atoms with E-state index in [4.69, 9.17) is 4.74 Å². The third kappa shape index (κ3) is 5.01. The van der Waals surface area contributed by atoms with Crippen molar-refractivity contribution in [3.8, 4) is 16.9 Å². The molecule has 0 radical (unpaired) electrons. The molecule has 6 aromatic carbocycles. The first kappa shape index (κ1) is 32.3. The highest BCUT2D eigenvalue weighted by Crippen LogP contribution is 2.54. The number of allylic oxidation sites excluding steroid dienone is 5. The number of rotatable bonds is 5. The van der Waals surface area contributed by atoms with E-state index < -0.39 is 0 Å². The van der Waals surface area contributed by atoms with Gasteiger partial charge >= 0.3 is 0 Å². The minimum atomic E-state index is -0.0813. The zero-order valence-electron chi connectivity index (χ0n) is 31.4. The SMILES string of the molecule is CC1(C)c2ccccc2-c2c(N(c3ccc(C4=CC=CC5c6c(ccc7ccccc67)OC45)cc3)C3C=C(c4cccc5c4C=CCC5)C=CC3)cccc21. The predicted molar refractivity (Wildman–Crippen MR) is 230 cm³/mol. The molecular weight excluding hydrogens is 667 g/mol. The Morgan fingerprint density at radius 2 is 1.55 bits per heavy atom. The Bertz CT molecular complexity index is 2700. The van der Waals surface area contributed by atoms with Gasteiger partial charge in [0.25, 0.3) is 0 Å². The molecule has 1 heterocycles. The highest BCUT2D eigenvalue weighted by molar-refractivity contribution is 5.94. The molecule has 3 unspecified atom stereocenters. The second-order valence-electron chi connectivity index (χ2n) is 16.2. The second-order valence-corrected chi connectivity index (χ2v) is 16.2. The van der Waals surface area contributed by atoms with Crippen LogP contribution in [0.4, 0.5) is 11.4 Å². The second kappa shape index (κ2) is 12.5. The fraction of sp³-hybridized carbons (Fsp3) is 0.170. The Morgan fingerprint density at radius 3 is 2.47 bits per heavy atom. The van der Waals surface area contributed by atoms with Gasteiger partial charge in [0.2, 0.25) is 0 Å². The van der Waals surface area contributed by atoms with Crippen molar-refractivity contribution in [1.29, 1.82) is 0 Å². The van der Waals surface area contributed by atoms with Crippen molar-refractivity contribution in [2.45, 2.75) is 56.6 Å². The normalized spacial score (nSPS) is 20.8. The number of fused-ring (bicyclic) bond motifs is 9. The van der Waals surface area contributed by atoms with Crippen molar-refractivity contribution >= 4 is 39.4 Å². The lowest BCUT2D eigenvalue weighted by Crippen LogP contribution is -2.31. The molecule has 2 nitrogen and oxygen atoms in total. The van der Waals surface area contributed by atoms with Gasteiger partial charge in [-0.05, 0) is 98.8 Å². The quantitative estimate of drug-likeness (QED) is 0.177. The zero-order valence-corrected chi connectivity index (χ0v) is 31.4. The largest absolute Gasteiger partial charge is 0.484 e. The summed E-state index contributed by atoms with van der Waals surface area (Å²) in [6.45, 7) is 4.75. The van der Waals surface area contributed by atoms with Crippen LogP contribution in [0.3, 0.4) is 0 Å². The van der Waals surface area contributed by atoms with E-state index in [1.807, 2.05) is 0 Å². The third-order valence-electron chi connectivity index (χ3n) is 12.8. The third-order valence-corrected chi connectivity index (χ3v) is 12.8. The molecule has 2 heteroatoms. The first-order valence-electron chi connectivity index (χ1n) is 19.9. The lowest BCUT2D eigenvalue weighted by atomic mass is 9.82. The molecule has 55 heavy (non-hydrogen) atoms. The first-order chi connectivity index (χ1) is 27.0. The molecule has 5 aliphatic rings. The standard InChI is InChI=1S/C53H43NO/c1-53(2)46-24-8-7-20-44(46)51-47(53)25-12-26-48(51)54(39-17-9-16-37(33-39)41-21-10-15-34-13-3-5-18-40(34)41)38-30-27-36(28-31-38)43-22-11-23-45-50-42-19-6-4-14-35(42)29-32-49(50)55-52(43)45/h4-12,14-16,18-33,39,45,52H,3,13,17H2,1-2H3. The molecule has 0 saturated heterocycles. The van der Waals surface area contributed by atoms with E-state index in [1.54, 1.807) is 0 Å². The molecule has 0 amide bonds. The molecule has 1 aliphatic heterocycles. The summed E-state index contributed by atoms with van der Waals surface area (Å²) >= 11 is 0. The number of ether oxygens (including phenoxy) is 1. The molecule has 0 aromatic heterocycles. The number of aryl methyl sites for hydroxylation is 1. The van der Waals surface area contributed by atoms with Crippen molar-refractivity contribution in [2.24, 2.45) is 0 Å². The van der Waals surface area contributed by atoms with E-state index in [-0.39, 0.29) is 23.5 Å². The van der Waals surface area contributed by atoms with Crippen LogP contribution < -0.4 is 9.64 Å². The summed E-state index contributed by atoms with van der Waals surface area (Å²) in [6.07, 6.45) is 21.8. The molecular formula is C53H43NO. The monoisotopic (exact) mass is 709 g/mol. The molecule has 0 N–H and O–H groups in total. The molecule has 266 valence electrons. The van der Waals surface area contributed by atoms with Gasteiger partial charge in [-0.1, -0.05) is 160 Å². The molecule has 0 fully saturated rings. The Morgan fingerprint density at radius 1 is 0.727 bits per heavy atom. The molecule has 4 aliphatic carbocycles. The summed E-state index contributed by atoms with van der Waals surface area (Å²) in [6, 6.07) is 45.3. The van der Waals surface area contributed by atoms with Crippen LogP contribution in [0.25, 0.3) is 39.1 Å². The molecule has 11 rings (SSSR count). The van der Waals surface area contributed by atoms with E-state index >= 15 is 0 Å².